The van der Waals surface area contributed by atoms with E-state index < -0.39 is 0 Å². The van der Waals surface area contributed by atoms with Gasteiger partial charge in [-0.05, 0) is 73.3 Å². The predicted octanol–water partition coefficient (Wildman–Crippen LogP) is 6.72. The van der Waals surface area contributed by atoms with Crippen molar-refractivity contribution in [1.82, 2.24) is 15.3 Å². The molecule has 0 saturated heterocycles. The van der Waals surface area contributed by atoms with Gasteiger partial charge in [0, 0.05) is 16.6 Å². The zero-order chi connectivity index (χ0) is 24.2. The van der Waals surface area contributed by atoms with E-state index in [1.54, 1.807) is 24.3 Å². The maximum atomic E-state index is 13.4. The Hall–Kier alpha value is -3.94. The first-order chi connectivity index (χ1) is 17.1. The van der Waals surface area contributed by atoms with Crippen LogP contribution in [0.3, 0.4) is 0 Å². The van der Waals surface area contributed by atoms with Crippen molar-refractivity contribution in [3.63, 3.8) is 0 Å². The highest BCUT2D eigenvalue weighted by Crippen LogP contribution is 2.32. The number of anilines is 2. The molecular formula is C27H22ClFN4O2. The van der Waals surface area contributed by atoms with Crippen LogP contribution in [0.15, 0.2) is 83.5 Å². The molecule has 6 nitrogen and oxygen atoms in total. The molecule has 0 fully saturated rings. The highest BCUT2D eigenvalue weighted by molar-refractivity contribution is 6.32. The molecule has 35 heavy (non-hydrogen) atoms. The Morgan fingerprint density at radius 2 is 1.91 bits per heavy atom. The van der Waals surface area contributed by atoms with Crippen LogP contribution in [0.4, 0.5) is 15.9 Å². The van der Waals surface area contributed by atoms with Gasteiger partial charge >= 0.3 is 0 Å². The second-order valence-electron chi connectivity index (χ2n) is 7.94. The van der Waals surface area contributed by atoms with Crippen LogP contribution < -0.4 is 15.4 Å². The van der Waals surface area contributed by atoms with Crippen LogP contribution in [0.5, 0.6) is 5.75 Å². The van der Waals surface area contributed by atoms with Crippen molar-refractivity contribution in [2.45, 2.75) is 13.2 Å². The number of furan rings is 1. The Morgan fingerprint density at radius 1 is 1.00 bits per heavy atom. The van der Waals surface area contributed by atoms with E-state index in [0.717, 1.165) is 39.2 Å². The van der Waals surface area contributed by atoms with Crippen LogP contribution in [0.1, 0.15) is 11.3 Å². The molecule has 176 valence electrons. The SMILES string of the molecule is CNCc1ccc(-c2ccc3ncnc(Nc4ccc(OCc5cccc(F)c5)c(Cl)c4)c3c2)o1. The molecule has 0 aliphatic rings. The Kier molecular flexibility index (Phi) is 6.61. The molecule has 2 aromatic heterocycles. The molecule has 0 saturated carbocycles. The van der Waals surface area contributed by atoms with E-state index >= 15 is 0 Å². The lowest BCUT2D eigenvalue weighted by atomic mass is 10.1. The van der Waals surface area contributed by atoms with Gasteiger partial charge in [-0.25, -0.2) is 14.4 Å². The third-order valence-corrected chi connectivity index (χ3v) is 5.71. The fraction of sp³-hybridized carbons (Fsp3) is 0.111. The Labute approximate surface area is 206 Å². The van der Waals surface area contributed by atoms with Gasteiger partial charge in [0.25, 0.3) is 0 Å². The van der Waals surface area contributed by atoms with Gasteiger partial charge in [-0.15, -0.1) is 0 Å². The van der Waals surface area contributed by atoms with Crippen LogP contribution in [-0.2, 0) is 13.2 Å². The zero-order valence-electron chi connectivity index (χ0n) is 18.9. The van der Waals surface area contributed by atoms with Gasteiger partial charge in [-0.3, -0.25) is 0 Å². The smallest absolute Gasteiger partial charge is 0.141 e. The van der Waals surface area contributed by atoms with Gasteiger partial charge in [-0.1, -0.05) is 23.7 Å². The van der Waals surface area contributed by atoms with Crippen LogP contribution in [0.2, 0.25) is 5.02 Å². The fourth-order valence-electron chi connectivity index (χ4n) is 3.73. The highest BCUT2D eigenvalue weighted by atomic mass is 35.5. The van der Waals surface area contributed by atoms with Crippen molar-refractivity contribution in [3.8, 4) is 17.1 Å². The van der Waals surface area contributed by atoms with Crippen molar-refractivity contribution in [2.24, 2.45) is 0 Å². The molecule has 0 radical (unpaired) electrons. The van der Waals surface area contributed by atoms with Crippen LogP contribution in [-0.4, -0.2) is 17.0 Å². The minimum absolute atomic E-state index is 0.215. The number of nitrogens with one attached hydrogen (secondary N) is 2. The van der Waals surface area contributed by atoms with E-state index in [0.29, 0.717) is 23.1 Å². The second kappa shape index (κ2) is 10.1. The maximum absolute atomic E-state index is 13.4. The highest BCUT2D eigenvalue weighted by Gasteiger charge is 2.11. The van der Waals surface area contributed by atoms with Gasteiger partial charge in [-0.2, -0.15) is 0 Å². The topological polar surface area (TPSA) is 72.2 Å². The molecule has 0 aliphatic heterocycles. The molecule has 0 atom stereocenters. The summed E-state index contributed by atoms with van der Waals surface area (Å²) in [5, 5.41) is 7.68. The van der Waals surface area contributed by atoms with Crippen molar-refractivity contribution in [3.05, 3.63) is 101 Å². The maximum Gasteiger partial charge on any atom is 0.141 e. The molecule has 3 aromatic carbocycles. The fourth-order valence-corrected chi connectivity index (χ4v) is 3.97. The monoisotopic (exact) mass is 488 g/mol. The predicted molar refractivity (Wildman–Crippen MR) is 135 cm³/mol. The summed E-state index contributed by atoms with van der Waals surface area (Å²) in [7, 11) is 1.88. The van der Waals surface area contributed by atoms with Gasteiger partial charge in [0.1, 0.15) is 41.8 Å². The van der Waals surface area contributed by atoms with Crippen molar-refractivity contribution < 1.29 is 13.5 Å². The number of fused-ring (bicyclic) bond motifs is 1. The Balaban J connectivity index is 1.37. The number of nitrogens with zero attached hydrogens (tertiary/aromatic N) is 2. The van der Waals surface area contributed by atoms with Gasteiger partial charge in [0.2, 0.25) is 0 Å². The molecule has 0 aliphatic carbocycles. The summed E-state index contributed by atoms with van der Waals surface area (Å²) in [4.78, 5) is 8.81. The van der Waals surface area contributed by atoms with E-state index in [4.69, 9.17) is 20.8 Å². The molecule has 5 rings (SSSR count). The zero-order valence-corrected chi connectivity index (χ0v) is 19.6. The third kappa shape index (κ3) is 5.26. The minimum Gasteiger partial charge on any atom is -0.487 e. The molecule has 2 N–H and O–H groups in total. The summed E-state index contributed by atoms with van der Waals surface area (Å²) < 4.78 is 25.1. The second-order valence-corrected chi connectivity index (χ2v) is 8.35. The van der Waals surface area contributed by atoms with Crippen molar-refractivity contribution >= 4 is 34.0 Å². The molecule has 5 aromatic rings. The number of hydrogen-bond donors (Lipinski definition) is 2. The quantitative estimate of drug-likeness (QED) is 0.252. The minimum atomic E-state index is -0.303. The lowest BCUT2D eigenvalue weighted by Crippen LogP contribution is -2.03. The average Bonchev–Trinajstić information content (AvgIpc) is 3.32. The van der Waals surface area contributed by atoms with E-state index in [-0.39, 0.29) is 12.4 Å². The summed E-state index contributed by atoms with van der Waals surface area (Å²) in [5.41, 5.74) is 3.19. The molecule has 0 unspecified atom stereocenters. The van der Waals surface area contributed by atoms with Crippen molar-refractivity contribution in [1.29, 1.82) is 0 Å². The Morgan fingerprint density at radius 3 is 2.74 bits per heavy atom. The summed E-state index contributed by atoms with van der Waals surface area (Å²) in [5.74, 6) is 2.48. The molecule has 8 heteroatoms. The first-order valence-electron chi connectivity index (χ1n) is 11.0. The van der Waals surface area contributed by atoms with Crippen LogP contribution in [0, 0.1) is 5.82 Å². The number of aromatic nitrogens is 2. The molecular weight excluding hydrogens is 467 g/mol. The number of benzene rings is 3. The summed E-state index contributed by atoms with van der Waals surface area (Å²) in [6.07, 6.45) is 1.51. The molecule has 0 spiro atoms. The normalized spacial score (nSPS) is 11.1. The summed E-state index contributed by atoms with van der Waals surface area (Å²) >= 11 is 6.46. The summed E-state index contributed by atoms with van der Waals surface area (Å²) in [6, 6.07) is 21.5. The lowest BCUT2D eigenvalue weighted by Gasteiger charge is -2.12. The van der Waals surface area contributed by atoms with E-state index in [1.165, 1.54) is 18.5 Å². The van der Waals surface area contributed by atoms with Crippen LogP contribution >= 0.6 is 11.6 Å². The first-order valence-corrected chi connectivity index (χ1v) is 11.4. The van der Waals surface area contributed by atoms with E-state index in [1.807, 2.05) is 43.4 Å². The number of hydrogen-bond acceptors (Lipinski definition) is 6. The van der Waals surface area contributed by atoms with Crippen molar-refractivity contribution in [2.75, 3.05) is 12.4 Å². The van der Waals surface area contributed by atoms with Gasteiger partial charge in [0.05, 0.1) is 17.1 Å². The average molecular weight is 489 g/mol. The van der Waals surface area contributed by atoms with Gasteiger partial charge < -0.3 is 19.8 Å². The standard InChI is InChI=1S/C27H22ClFN4O2/c1-30-14-21-7-10-25(35-21)18-5-8-24-22(12-18)27(32-16-31-24)33-20-6-9-26(23(28)13-20)34-15-17-3-2-4-19(29)11-17/h2-13,16,30H,14-15H2,1H3,(H,31,32,33). The lowest BCUT2D eigenvalue weighted by molar-refractivity contribution is 0.306. The number of halogens is 2. The van der Waals surface area contributed by atoms with Crippen LogP contribution in [0.25, 0.3) is 22.2 Å². The third-order valence-electron chi connectivity index (χ3n) is 5.41. The number of ether oxygens (including phenoxy) is 1. The van der Waals surface area contributed by atoms with E-state index in [9.17, 15) is 4.39 Å². The van der Waals surface area contributed by atoms with Gasteiger partial charge in [0.15, 0.2) is 0 Å². The Bertz CT molecular complexity index is 1490. The first kappa shape index (κ1) is 22.8. The molecule has 0 bridgehead atoms. The van der Waals surface area contributed by atoms with E-state index in [2.05, 4.69) is 20.6 Å². The summed E-state index contributed by atoms with van der Waals surface area (Å²) in [6.45, 7) is 0.874. The molecule has 2 heterocycles. The number of rotatable bonds is 8. The molecule has 0 amide bonds. The largest absolute Gasteiger partial charge is 0.487 e.